The minimum Gasteiger partial charge on any atom is -0.100 e. The first kappa shape index (κ1) is 29.5. The number of allylic oxidation sites excluding steroid dienone is 5. The van der Waals surface area contributed by atoms with Crippen molar-refractivity contribution in [3.05, 3.63) is 35.5 Å². The van der Waals surface area contributed by atoms with Crippen LogP contribution in [0.2, 0.25) is 0 Å². The summed E-state index contributed by atoms with van der Waals surface area (Å²) in [7, 11) is 0. The van der Waals surface area contributed by atoms with E-state index in [1.54, 1.807) is 5.57 Å². The van der Waals surface area contributed by atoms with Crippen LogP contribution in [0.1, 0.15) is 133 Å². The molecule has 0 heteroatoms. The van der Waals surface area contributed by atoms with Crippen molar-refractivity contribution in [1.82, 2.24) is 0 Å². The summed E-state index contributed by atoms with van der Waals surface area (Å²) in [5, 5.41) is 0. The van der Waals surface area contributed by atoms with Gasteiger partial charge in [-0.05, 0) is 105 Å². The van der Waals surface area contributed by atoms with Gasteiger partial charge in [0.1, 0.15) is 0 Å². The molecule has 0 N–H and O–H groups in total. The van der Waals surface area contributed by atoms with E-state index >= 15 is 0 Å². The van der Waals surface area contributed by atoms with E-state index in [9.17, 15) is 0 Å². The van der Waals surface area contributed by atoms with Crippen LogP contribution in [0.25, 0.3) is 0 Å². The lowest BCUT2D eigenvalue weighted by molar-refractivity contribution is 0.0447. The zero-order chi connectivity index (χ0) is 25.7. The van der Waals surface area contributed by atoms with Crippen molar-refractivity contribution < 1.29 is 0 Å². The Morgan fingerprint density at radius 3 is 2.21 bits per heavy atom. The van der Waals surface area contributed by atoms with Crippen molar-refractivity contribution in [2.45, 2.75) is 133 Å². The van der Waals surface area contributed by atoms with E-state index in [1.807, 2.05) is 33.3 Å². The maximum atomic E-state index is 3.56. The largest absolute Gasteiger partial charge is 0.100 e. The number of fused-ring (bicyclic) bond motifs is 5. The highest BCUT2D eigenvalue weighted by molar-refractivity contribution is 5.38. The lowest BCUT2D eigenvalue weighted by Gasteiger charge is -2.55. The first-order valence-electron chi connectivity index (χ1n) is 15.0. The average molecular weight is 469 g/mol. The van der Waals surface area contributed by atoms with E-state index in [0.717, 1.165) is 35.5 Å². The molecule has 3 fully saturated rings. The molecule has 0 aliphatic heterocycles. The molecule has 0 radical (unpaired) electrons. The first-order chi connectivity index (χ1) is 16.0. The smallest absolute Gasteiger partial charge is 0.00474 e. The fourth-order valence-corrected chi connectivity index (χ4v) is 8.21. The summed E-state index contributed by atoms with van der Waals surface area (Å²) in [6.07, 6.45) is 19.6. The predicted molar refractivity (Wildman–Crippen MR) is 154 cm³/mol. The van der Waals surface area contributed by atoms with Gasteiger partial charge in [-0.25, -0.2) is 0 Å². The summed E-state index contributed by atoms with van der Waals surface area (Å²) in [6.45, 7) is 26.6. The van der Waals surface area contributed by atoms with Crippen LogP contribution in [-0.2, 0) is 0 Å². The van der Waals surface area contributed by atoms with Gasteiger partial charge in [-0.3, -0.25) is 0 Å². The third kappa shape index (κ3) is 6.31. The predicted octanol–water partition coefficient (Wildman–Crippen LogP) is 11.2. The van der Waals surface area contributed by atoms with Crippen LogP contribution in [0.3, 0.4) is 0 Å². The fourth-order valence-electron chi connectivity index (χ4n) is 8.21. The van der Waals surface area contributed by atoms with Crippen LogP contribution < -0.4 is 0 Å². The molecule has 34 heavy (non-hydrogen) atoms. The molecule has 0 nitrogen and oxygen atoms in total. The fraction of sp³-hybridized carbons (Fsp3) is 0.824. The topological polar surface area (TPSA) is 0 Å². The molecule has 0 amide bonds. The summed E-state index contributed by atoms with van der Waals surface area (Å²) in [5.74, 6) is 5.35. The van der Waals surface area contributed by atoms with Crippen molar-refractivity contribution in [2.24, 2.45) is 46.3 Å². The second-order valence-corrected chi connectivity index (χ2v) is 13.5. The van der Waals surface area contributed by atoms with E-state index in [-0.39, 0.29) is 0 Å². The normalized spacial score (nSPS) is 36.9. The second kappa shape index (κ2) is 12.5. The molecular formula is C34H60. The van der Waals surface area contributed by atoms with Crippen LogP contribution in [0.4, 0.5) is 0 Å². The Balaban J connectivity index is 0.000000618. The van der Waals surface area contributed by atoms with Gasteiger partial charge in [0.2, 0.25) is 0 Å². The third-order valence-electron chi connectivity index (χ3n) is 10.0. The van der Waals surface area contributed by atoms with Gasteiger partial charge in [-0.1, -0.05) is 104 Å². The van der Waals surface area contributed by atoms with Gasteiger partial charge in [0.25, 0.3) is 0 Å². The van der Waals surface area contributed by atoms with Gasteiger partial charge in [0.15, 0.2) is 0 Å². The maximum Gasteiger partial charge on any atom is -0.00474 e. The second-order valence-electron chi connectivity index (χ2n) is 13.5. The highest BCUT2D eigenvalue weighted by Crippen LogP contribution is 2.66. The van der Waals surface area contributed by atoms with Crippen molar-refractivity contribution in [1.29, 1.82) is 0 Å². The molecule has 0 saturated heterocycles. The molecule has 3 saturated carbocycles. The molecule has 196 valence electrons. The van der Waals surface area contributed by atoms with Crippen LogP contribution in [0.5, 0.6) is 0 Å². The molecule has 4 aliphatic rings. The summed E-state index contributed by atoms with van der Waals surface area (Å²) < 4.78 is 0. The number of rotatable bonds is 5. The quantitative estimate of drug-likeness (QED) is 0.352. The lowest BCUT2D eigenvalue weighted by atomic mass is 9.49. The molecule has 0 bridgehead atoms. The van der Waals surface area contributed by atoms with E-state index in [1.165, 1.54) is 69.8 Å². The molecule has 4 rings (SSSR count). The van der Waals surface area contributed by atoms with Gasteiger partial charge in [-0.2, -0.15) is 0 Å². The van der Waals surface area contributed by atoms with Gasteiger partial charge in [0.05, 0.1) is 0 Å². The number of hydrogen-bond donors (Lipinski definition) is 0. The van der Waals surface area contributed by atoms with E-state index < -0.39 is 0 Å². The van der Waals surface area contributed by atoms with E-state index in [2.05, 4.69) is 60.3 Å². The average Bonchev–Trinajstić information content (AvgIpc) is 3.12. The van der Waals surface area contributed by atoms with Crippen molar-refractivity contribution in [2.75, 3.05) is 0 Å². The first-order valence-corrected chi connectivity index (χ1v) is 15.0. The van der Waals surface area contributed by atoms with Crippen LogP contribution >= 0.6 is 0 Å². The van der Waals surface area contributed by atoms with Gasteiger partial charge >= 0.3 is 0 Å². The van der Waals surface area contributed by atoms with Crippen molar-refractivity contribution in [3.8, 4) is 0 Å². The summed E-state index contributed by atoms with van der Waals surface area (Å²) in [4.78, 5) is 0. The maximum absolute atomic E-state index is 3.56. The Kier molecular flexibility index (Phi) is 10.8. The van der Waals surface area contributed by atoms with Crippen LogP contribution in [0, 0.1) is 46.3 Å². The standard InChI is InChI=1S/C28H46.C4H8.C2H6/c1-19(2)8-7-9-21(4)24-12-13-25-23-11-10-22-18-20(3)14-16-27(22,5)26(23)15-17-28(24,25)6;1-4(2)3;1-2/h10-11,19-21,24-26H,7-9,12-18H2,1-6H3;1H2,2-3H3;1-2H3/t20-,21+,24?,25-,26?,27?,28+;;/m0../s1. The van der Waals surface area contributed by atoms with Crippen LogP contribution in [-0.4, -0.2) is 0 Å². The minimum atomic E-state index is 0.485. The van der Waals surface area contributed by atoms with Gasteiger partial charge < -0.3 is 0 Å². The minimum absolute atomic E-state index is 0.485. The Morgan fingerprint density at radius 2 is 1.59 bits per heavy atom. The highest BCUT2D eigenvalue weighted by Gasteiger charge is 2.56. The van der Waals surface area contributed by atoms with Gasteiger partial charge in [-0.15, -0.1) is 6.58 Å². The lowest BCUT2D eigenvalue weighted by Crippen LogP contribution is -2.46. The SMILES string of the molecule is C=C(C)C.CC.CC(C)CCC[C@@H](C)C1CC[C@H]2C3=CC=C4C[C@@H](C)CCC4(C)C3CC[C@]12C. The zero-order valence-corrected chi connectivity index (χ0v) is 24.9. The van der Waals surface area contributed by atoms with E-state index in [0.29, 0.717) is 10.8 Å². The summed E-state index contributed by atoms with van der Waals surface area (Å²) >= 11 is 0. The molecule has 0 spiro atoms. The Bertz CT molecular complexity index is 716. The molecule has 0 aromatic carbocycles. The van der Waals surface area contributed by atoms with Crippen molar-refractivity contribution in [3.63, 3.8) is 0 Å². The molecule has 0 heterocycles. The third-order valence-corrected chi connectivity index (χ3v) is 10.0. The number of hydrogen-bond acceptors (Lipinski definition) is 0. The summed E-state index contributed by atoms with van der Waals surface area (Å²) in [6, 6.07) is 0. The van der Waals surface area contributed by atoms with Gasteiger partial charge in [0, 0.05) is 0 Å². The molecule has 4 aliphatic carbocycles. The molecule has 0 aromatic rings. The highest BCUT2D eigenvalue weighted by atomic mass is 14.6. The van der Waals surface area contributed by atoms with E-state index in [4.69, 9.17) is 0 Å². The summed E-state index contributed by atoms with van der Waals surface area (Å²) in [5.41, 5.74) is 5.90. The molecule has 3 unspecified atom stereocenters. The monoisotopic (exact) mass is 468 g/mol. The molecular weight excluding hydrogens is 408 g/mol. The Morgan fingerprint density at radius 1 is 0.941 bits per heavy atom. The molecule has 7 atom stereocenters. The van der Waals surface area contributed by atoms with Crippen molar-refractivity contribution >= 4 is 0 Å². The molecule has 0 aromatic heterocycles. The Labute approximate surface area is 215 Å². The van der Waals surface area contributed by atoms with Crippen LogP contribution in [0.15, 0.2) is 35.5 Å². The Hall–Kier alpha value is -0.780. The zero-order valence-electron chi connectivity index (χ0n) is 24.9.